The molecule has 1 fully saturated rings. The Labute approximate surface area is 176 Å². The van der Waals surface area contributed by atoms with Gasteiger partial charge in [-0.1, -0.05) is 23.2 Å². The van der Waals surface area contributed by atoms with E-state index < -0.39 is 6.10 Å². The minimum absolute atomic E-state index is 0.0627. The standard InChI is InChI=1S/C18H19Cl2N3O4S/c19-13-7-11(23-5-6-27-10-17(23)25)1-2-14(13)21-8-12(24)9-22-18(26)15-3-4-16(20)28-15/h1-4,7,12,21,24H,5-6,8-10H2,(H,22,26)/t12-/m1/s1. The minimum Gasteiger partial charge on any atom is -0.389 e. The molecule has 1 atom stereocenters. The van der Waals surface area contributed by atoms with Gasteiger partial charge in [0, 0.05) is 25.3 Å². The molecule has 2 amide bonds. The van der Waals surface area contributed by atoms with Gasteiger partial charge < -0.3 is 25.4 Å². The molecule has 3 N–H and O–H groups in total. The van der Waals surface area contributed by atoms with Gasteiger partial charge in [-0.05, 0) is 30.3 Å². The van der Waals surface area contributed by atoms with Crippen molar-refractivity contribution in [1.29, 1.82) is 0 Å². The number of benzene rings is 1. The van der Waals surface area contributed by atoms with Gasteiger partial charge in [0.1, 0.15) is 6.61 Å². The first-order valence-electron chi connectivity index (χ1n) is 8.57. The number of hydrogen-bond acceptors (Lipinski definition) is 6. The maximum Gasteiger partial charge on any atom is 0.261 e. The molecule has 1 aliphatic rings. The summed E-state index contributed by atoms with van der Waals surface area (Å²) in [7, 11) is 0. The average molecular weight is 444 g/mol. The number of amides is 2. The number of carbonyl (C=O) groups excluding carboxylic acids is 2. The molecule has 2 heterocycles. The van der Waals surface area contributed by atoms with Crippen molar-refractivity contribution in [2.24, 2.45) is 0 Å². The zero-order chi connectivity index (χ0) is 20.1. The van der Waals surface area contributed by atoms with E-state index in [9.17, 15) is 14.7 Å². The van der Waals surface area contributed by atoms with E-state index in [1.807, 2.05) is 0 Å². The highest BCUT2D eigenvalue weighted by molar-refractivity contribution is 7.18. The Bertz CT molecular complexity index is 861. The molecule has 1 aromatic carbocycles. The fraction of sp³-hybridized carbons (Fsp3) is 0.333. The Kier molecular flexibility index (Phi) is 7.14. The van der Waals surface area contributed by atoms with Crippen LogP contribution in [0.5, 0.6) is 0 Å². The van der Waals surface area contributed by atoms with Crippen molar-refractivity contribution in [1.82, 2.24) is 5.32 Å². The summed E-state index contributed by atoms with van der Waals surface area (Å²) in [5.74, 6) is -0.394. The van der Waals surface area contributed by atoms with Crippen LogP contribution in [0.1, 0.15) is 9.67 Å². The summed E-state index contributed by atoms with van der Waals surface area (Å²) in [6.45, 7) is 1.31. The largest absolute Gasteiger partial charge is 0.389 e. The fourth-order valence-electron chi connectivity index (χ4n) is 2.64. The first kappa shape index (κ1) is 20.9. The first-order chi connectivity index (χ1) is 13.4. The van der Waals surface area contributed by atoms with Crippen LogP contribution in [0.4, 0.5) is 11.4 Å². The smallest absolute Gasteiger partial charge is 0.261 e. The molecule has 150 valence electrons. The topological polar surface area (TPSA) is 90.9 Å². The van der Waals surface area contributed by atoms with Crippen molar-refractivity contribution in [2.75, 3.05) is 43.1 Å². The van der Waals surface area contributed by atoms with E-state index in [4.69, 9.17) is 27.9 Å². The lowest BCUT2D eigenvalue weighted by molar-refractivity contribution is -0.125. The highest BCUT2D eigenvalue weighted by Crippen LogP contribution is 2.28. The van der Waals surface area contributed by atoms with E-state index in [1.165, 1.54) is 11.3 Å². The normalized spacial score (nSPS) is 15.4. The van der Waals surface area contributed by atoms with Crippen molar-refractivity contribution >= 4 is 57.7 Å². The predicted octanol–water partition coefficient (Wildman–Crippen LogP) is 2.62. The molecule has 3 rings (SSSR count). The van der Waals surface area contributed by atoms with E-state index in [0.29, 0.717) is 38.8 Å². The molecule has 1 aliphatic heterocycles. The number of aliphatic hydroxyl groups excluding tert-OH is 1. The number of halogens is 2. The molecule has 0 saturated carbocycles. The molecule has 7 nitrogen and oxygen atoms in total. The lowest BCUT2D eigenvalue weighted by Crippen LogP contribution is -2.41. The molecule has 10 heteroatoms. The number of nitrogens with one attached hydrogen (secondary N) is 2. The number of aliphatic hydroxyl groups is 1. The zero-order valence-electron chi connectivity index (χ0n) is 14.8. The Morgan fingerprint density at radius 1 is 1.29 bits per heavy atom. The average Bonchev–Trinajstić information content (AvgIpc) is 3.12. The third kappa shape index (κ3) is 5.36. The Morgan fingerprint density at radius 3 is 2.79 bits per heavy atom. The molecule has 1 saturated heterocycles. The van der Waals surface area contributed by atoms with Gasteiger partial charge in [-0.25, -0.2) is 0 Å². The van der Waals surface area contributed by atoms with Crippen molar-refractivity contribution in [2.45, 2.75) is 6.10 Å². The second-order valence-electron chi connectivity index (χ2n) is 6.11. The van der Waals surface area contributed by atoms with Crippen molar-refractivity contribution < 1.29 is 19.4 Å². The molecule has 0 aliphatic carbocycles. The highest BCUT2D eigenvalue weighted by atomic mass is 35.5. The Morgan fingerprint density at radius 2 is 2.11 bits per heavy atom. The second kappa shape index (κ2) is 9.58. The van der Waals surface area contributed by atoms with Gasteiger partial charge in [0.25, 0.3) is 11.8 Å². The number of hydrogen-bond donors (Lipinski definition) is 3. The van der Waals surface area contributed by atoms with Crippen molar-refractivity contribution in [3.8, 4) is 0 Å². The molecule has 0 spiro atoms. The van der Waals surface area contributed by atoms with Crippen LogP contribution in [0.25, 0.3) is 0 Å². The summed E-state index contributed by atoms with van der Waals surface area (Å²) < 4.78 is 5.65. The molecule has 0 unspecified atom stereocenters. The molecule has 0 bridgehead atoms. The predicted molar refractivity (Wildman–Crippen MR) is 111 cm³/mol. The van der Waals surface area contributed by atoms with E-state index >= 15 is 0 Å². The van der Waals surface area contributed by atoms with E-state index in [-0.39, 0.29) is 31.5 Å². The molecule has 1 aromatic heterocycles. The van der Waals surface area contributed by atoms with E-state index in [1.54, 1.807) is 35.2 Å². The number of rotatable bonds is 7. The number of anilines is 2. The van der Waals surface area contributed by atoms with Crippen molar-refractivity contribution in [3.63, 3.8) is 0 Å². The Balaban J connectivity index is 1.49. The monoisotopic (exact) mass is 443 g/mol. The van der Waals surface area contributed by atoms with Crippen LogP contribution >= 0.6 is 34.5 Å². The van der Waals surface area contributed by atoms with Gasteiger partial charge >= 0.3 is 0 Å². The number of carbonyl (C=O) groups is 2. The number of morpholine rings is 1. The van der Waals surface area contributed by atoms with Gasteiger partial charge in [-0.2, -0.15) is 0 Å². The van der Waals surface area contributed by atoms with Gasteiger partial charge in [0.05, 0.1) is 32.6 Å². The van der Waals surface area contributed by atoms with E-state index in [0.717, 1.165) is 0 Å². The fourth-order valence-corrected chi connectivity index (χ4v) is 3.84. The van der Waals surface area contributed by atoms with Crippen LogP contribution in [0.2, 0.25) is 9.36 Å². The molecular formula is C18H19Cl2N3O4S. The quantitative estimate of drug-likeness (QED) is 0.611. The van der Waals surface area contributed by atoms with Crippen LogP contribution in [-0.4, -0.2) is 55.9 Å². The minimum atomic E-state index is -0.809. The summed E-state index contributed by atoms with van der Waals surface area (Å²) in [4.78, 5) is 26.0. The third-order valence-electron chi connectivity index (χ3n) is 4.07. The maximum atomic E-state index is 12.0. The summed E-state index contributed by atoms with van der Waals surface area (Å²) >= 11 is 13.3. The van der Waals surface area contributed by atoms with Gasteiger partial charge in [0.15, 0.2) is 0 Å². The molecule has 28 heavy (non-hydrogen) atoms. The SMILES string of the molecule is O=C(NC[C@H](O)CNc1ccc(N2CCOCC2=O)cc1Cl)c1ccc(Cl)s1. The number of thiophene rings is 1. The Hall–Kier alpha value is -1.84. The zero-order valence-corrected chi connectivity index (χ0v) is 17.1. The van der Waals surface area contributed by atoms with Gasteiger partial charge in [-0.3, -0.25) is 9.59 Å². The van der Waals surface area contributed by atoms with Gasteiger partial charge in [-0.15, -0.1) is 11.3 Å². The summed E-state index contributed by atoms with van der Waals surface area (Å²) in [6.07, 6.45) is -0.809. The summed E-state index contributed by atoms with van der Waals surface area (Å²) in [5.41, 5.74) is 1.33. The van der Waals surface area contributed by atoms with E-state index in [2.05, 4.69) is 10.6 Å². The molecule has 2 aromatic rings. The van der Waals surface area contributed by atoms with Crippen LogP contribution in [-0.2, 0) is 9.53 Å². The number of nitrogens with zero attached hydrogens (tertiary/aromatic N) is 1. The van der Waals surface area contributed by atoms with Gasteiger partial charge in [0.2, 0.25) is 0 Å². The van der Waals surface area contributed by atoms with Crippen molar-refractivity contribution in [3.05, 3.63) is 44.6 Å². The second-order valence-corrected chi connectivity index (χ2v) is 8.23. The lowest BCUT2D eigenvalue weighted by atomic mass is 10.2. The van der Waals surface area contributed by atoms with Crippen LogP contribution in [0, 0.1) is 0 Å². The summed E-state index contributed by atoms with van der Waals surface area (Å²) in [5, 5.41) is 16.2. The maximum absolute atomic E-state index is 12.0. The lowest BCUT2D eigenvalue weighted by Gasteiger charge is -2.27. The molecular weight excluding hydrogens is 425 g/mol. The summed E-state index contributed by atoms with van der Waals surface area (Å²) in [6, 6.07) is 8.51. The highest BCUT2D eigenvalue weighted by Gasteiger charge is 2.21. The van der Waals surface area contributed by atoms with Crippen LogP contribution in [0.3, 0.4) is 0 Å². The first-order valence-corrected chi connectivity index (χ1v) is 10.1. The number of ether oxygens (including phenoxy) is 1. The molecule has 0 radical (unpaired) electrons. The third-order valence-corrected chi connectivity index (χ3v) is 5.62. The van der Waals surface area contributed by atoms with Crippen LogP contribution < -0.4 is 15.5 Å². The van der Waals surface area contributed by atoms with Crippen LogP contribution in [0.15, 0.2) is 30.3 Å².